The zero-order valence-electron chi connectivity index (χ0n) is 12.9. The molecule has 22 heavy (non-hydrogen) atoms. The van der Waals surface area contributed by atoms with E-state index in [0.29, 0.717) is 11.6 Å². The van der Waals surface area contributed by atoms with Crippen molar-refractivity contribution in [2.75, 3.05) is 18.0 Å². The summed E-state index contributed by atoms with van der Waals surface area (Å²) in [5.74, 6) is 0.106. The fraction of sp³-hybridized carbons (Fsp3) is 0.529. The zero-order chi connectivity index (χ0) is 15.9. The molecule has 1 aromatic carbocycles. The Morgan fingerprint density at radius 1 is 1.36 bits per heavy atom. The first-order valence-electron chi connectivity index (χ1n) is 7.69. The molecule has 3 rings (SSSR count). The van der Waals surface area contributed by atoms with Gasteiger partial charge in [0.05, 0.1) is 11.1 Å². The highest BCUT2D eigenvalue weighted by molar-refractivity contribution is 5.89. The van der Waals surface area contributed by atoms with Crippen molar-refractivity contribution in [3.05, 3.63) is 29.6 Å². The molecule has 0 bridgehead atoms. The summed E-state index contributed by atoms with van der Waals surface area (Å²) >= 11 is 0. The molecule has 0 radical (unpaired) electrons. The lowest BCUT2D eigenvalue weighted by molar-refractivity contribution is -0.145. The Labute approximate surface area is 129 Å². The molecule has 5 heteroatoms. The largest absolute Gasteiger partial charge is 0.370 e. The average Bonchev–Trinajstić information content (AvgIpc) is 2.52. The summed E-state index contributed by atoms with van der Waals surface area (Å²) in [5, 5.41) is 12.2. The van der Waals surface area contributed by atoms with Crippen LogP contribution in [0.25, 0.3) is 0 Å². The molecule has 0 saturated carbocycles. The van der Waals surface area contributed by atoms with Crippen LogP contribution < -0.4 is 10.2 Å². The molecule has 116 valence electrons. The fourth-order valence-electron chi connectivity index (χ4n) is 3.64. The van der Waals surface area contributed by atoms with Crippen molar-refractivity contribution >= 4 is 11.6 Å². The number of β-lactam (4-membered cyclic amide) rings is 1. The standard InChI is InChI=1S/C17H20FN3O/c1-17(2)15(20-16(17)22)11-6-8-21(9-7-11)14-5-3-4-13(18)12(14)10-19/h3-5,11,15H,6-9H2,1-2H3,(H,20,22). The van der Waals surface area contributed by atoms with Crippen LogP contribution in [0.2, 0.25) is 0 Å². The number of rotatable bonds is 2. The molecule has 1 aromatic rings. The van der Waals surface area contributed by atoms with E-state index >= 15 is 0 Å². The van der Waals surface area contributed by atoms with Crippen molar-refractivity contribution in [1.29, 1.82) is 5.26 Å². The van der Waals surface area contributed by atoms with Crippen LogP contribution in [-0.4, -0.2) is 25.0 Å². The van der Waals surface area contributed by atoms with Gasteiger partial charge in [-0.3, -0.25) is 4.79 Å². The van der Waals surface area contributed by atoms with Crippen LogP contribution in [0.4, 0.5) is 10.1 Å². The SMILES string of the molecule is CC1(C)C(=O)NC1C1CCN(c2cccc(F)c2C#N)CC1. The monoisotopic (exact) mass is 301 g/mol. The van der Waals surface area contributed by atoms with E-state index in [1.54, 1.807) is 12.1 Å². The smallest absolute Gasteiger partial charge is 0.228 e. The topological polar surface area (TPSA) is 56.1 Å². The van der Waals surface area contributed by atoms with Crippen LogP contribution in [0.15, 0.2) is 18.2 Å². The van der Waals surface area contributed by atoms with Gasteiger partial charge in [-0.25, -0.2) is 4.39 Å². The van der Waals surface area contributed by atoms with Gasteiger partial charge < -0.3 is 10.2 Å². The predicted molar refractivity (Wildman–Crippen MR) is 81.8 cm³/mol. The number of nitriles is 1. The molecular weight excluding hydrogens is 281 g/mol. The van der Waals surface area contributed by atoms with E-state index in [1.807, 2.05) is 19.9 Å². The van der Waals surface area contributed by atoms with E-state index < -0.39 is 5.82 Å². The minimum absolute atomic E-state index is 0.122. The first kappa shape index (κ1) is 14.8. The van der Waals surface area contributed by atoms with Gasteiger partial charge in [0.25, 0.3) is 0 Å². The molecule has 2 heterocycles. The van der Waals surface area contributed by atoms with Crippen LogP contribution in [0.3, 0.4) is 0 Å². The number of anilines is 1. The summed E-state index contributed by atoms with van der Waals surface area (Å²) in [4.78, 5) is 13.7. The molecule has 2 aliphatic rings. The quantitative estimate of drug-likeness (QED) is 0.854. The normalized spacial score (nSPS) is 24.4. The summed E-state index contributed by atoms with van der Waals surface area (Å²) in [6.45, 7) is 5.54. The molecule has 2 aliphatic heterocycles. The van der Waals surface area contributed by atoms with Crippen LogP contribution in [0.5, 0.6) is 0 Å². The molecule has 1 atom stereocenters. The Hall–Kier alpha value is -2.09. The molecular formula is C17H20FN3O. The van der Waals surface area contributed by atoms with Crippen LogP contribution in [0, 0.1) is 28.5 Å². The number of carbonyl (C=O) groups excluding carboxylic acids is 1. The predicted octanol–water partition coefficient (Wildman–Crippen LogP) is 2.44. The first-order valence-corrected chi connectivity index (χ1v) is 7.69. The summed E-state index contributed by atoms with van der Waals surface area (Å²) in [6, 6.07) is 6.96. The van der Waals surface area contributed by atoms with Crippen LogP contribution in [-0.2, 0) is 4.79 Å². The third kappa shape index (κ3) is 2.23. The Kier molecular flexibility index (Phi) is 3.56. The van der Waals surface area contributed by atoms with Crippen molar-refractivity contribution < 1.29 is 9.18 Å². The molecule has 1 N–H and O–H groups in total. The fourth-order valence-corrected chi connectivity index (χ4v) is 3.64. The minimum Gasteiger partial charge on any atom is -0.370 e. The molecule has 1 unspecified atom stereocenters. The van der Waals surface area contributed by atoms with Gasteiger partial charge in [0.15, 0.2) is 0 Å². The lowest BCUT2D eigenvalue weighted by Gasteiger charge is -2.50. The zero-order valence-corrected chi connectivity index (χ0v) is 12.9. The second-order valence-corrected chi connectivity index (χ2v) is 6.74. The Morgan fingerprint density at radius 3 is 2.59 bits per heavy atom. The third-order valence-corrected chi connectivity index (χ3v) is 5.10. The van der Waals surface area contributed by atoms with E-state index in [9.17, 15) is 9.18 Å². The number of halogens is 1. The second kappa shape index (κ2) is 5.28. The van der Waals surface area contributed by atoms with Gasteiger partial charge in [0.2, 0.25) is 5.91 Å². The van der Waals surface area contributed by atoms with Gasteiger partial charge in [-0.2, -0.15) is 5.26 Å². The molecule has 1 amide bonds. The third-order valence-electron chi connectivity index (χ3n) is 5.10. The Balaban J connectivity index is 1.70. The number of benzene rings is 1. The molecule has 0 aliphatic carbocycles. The maximum atomic E-state index is 13.7. The number of piperidine rings is 1. The van der Waals surface area contributed by atoms with Crippen LogP contribution >= 0.6 is 0 Å². The van der Waals surface area contributed by atoms with Gasteiger partial charge in [-0.1, -0.05) is 6.07 Å². The Bertz CT molecular complexity index is 642. The van der Waals surface area contributed by atoms with Crippen molar-refractivity contribution in [3.8, 4) is 6.07 Å². The van der Waals surface area contributed by atoms with Crippen molar-refractivity contribution in [2.45, 2.75) is 32.7 Å². The highest BCUT2D eigenvalue weighted by Gasteiger charge is 2.50. The van der Waals surface area contributed by atoms with Gasteiger partial charge in [-0.05, 0) is 44.7 Å². The van der Waals surface area contributed by atoms with Gasteiger partial charge in [-0.15, -0.1) is 0 Å². The summed E-state index contributed by atoms with van der Waals surface area (Å²) in [5.41, 5.74) is 0.514. The average molecular weight is 301 g/mol. The van der Waals surface area contributed by atoms with Crippen molar-refractivity contribution in [1.82, 2.24) is 5.32 Å². The maximum Gasteiger partial charge on any atom is 0.228 e. The molecule has 2 fully saturated rings. The summed E-state index contributed by atoms with van der Waals surface area (Å²) in [7, 11) is 0. The highest BCUT2D eigenvalue weighted by atomic mass is 19.1. The van der Waals surface area contributed by atoms with Gasteiger partial charge in [0.1, 0.15) is 17.4 Å². The first-order chi connectivity index (χ1) is 10.4. The lowest BCUT2D eigenvalue weighted by Crippen LogP contribution is -2.67. The number of hydrogen-bond donors (Lipinski definition) is 1. The molecule has 0 aromatic heterocycles. The number of nitrogens with one attached hydrogen (secondary N) is 1. The van der Waals surface area contributed by atoms with Crippen molar-refractivity contribution in [3.63, 3.8) is 0 Å². The van der Waals surface area contributed by atoms with Crippen LogP contribution in [0.1, 0.15) is 32.3 Å². The van der Waals surface area contributed by atoms with Gasteiger partial charge >= 0.3 is 0 Å². The number of carbonyl (C=O) groups is 1. The maximum absolute atomic E-state index is 13.7. The second-order valence-electron chi connectivity index (χ2n) is 6.74. The molecule has 0 spiro atoms. The number of amides is 1. The van der Waals surface area contributed by atoms with E-state index in [2.05, 4.69) is 10.2 Å². The summed E-state index contributed by atoms with van der Waals surface area (Å²) < 4.78 is 13.7. The van der Waals surface area contributed by atoms with E-state index in [4.69, 9.17) is 5.26 Å². The number of nitrogens with zero attached hydrogens (tertiary/aromatic N) is 2. The Morgan fingerprint density at radius 2 is 2.05 bits per heavy atom. The lowest BCUT2D eigenvalue weighted by atomic mass is 9.68. The van der Waals surface area contributed by atoms with Crippen molar-refractivity contribution in [2.24, 2.45) is 11.3 Å². The van der Waals surface area contributed by atoms with E-state index in [0.717, 1.165) is 25.9 Å². The molecule has 4 nitrogen and oxygen atoms in total. The highest BCUT2D eigenvalue weighted by Crippen LogP contribution is 2.39. The summed E-state index contributed by atoms with van der Waals surface area (Å²) in [6.07, 6.45) is 1.88. The van der Waals surface area contributed by atoms with E-state index in [1.165, 1.54) is 6.07 Å². The van der Waals surface area contributed by atoms with Gasteiger partial charge in [0, 0.05) is 19.1 Å². The molecule has 2 saturated heterocycles. The minimum atomic E-state index is -0.463. The number of hydrogen-bond acceptors (Lipinski definition) is 3. The van der Waals surface area contributed by atoms with E-state index in [-0.39, 0.29) is 22.9 Å².